The fraction of sp³-hybridized carbons (Fsp3) is 0.412. The fourth-order valence-electron chi connectivity index (χ4n) is 2.69. The molecule has 3 rings (SSSR count). The lowest BCUT2D eigenvalue weighted by Crippen LogP contribution is -2.33. The van der Waals surface area contributed by atoms with Gasteiger partial charge in [-0.1, -0.05) is 30.7 Å². The van der Waals surface area contributed by atoms with Crippen LogP contribution in [0.25, 0.3) is 0 Å². The van der Waals surface area contributed by atoms with E-state index in [-0.39, 0.29) is 0 Å². The van der Waals surface area contributed by atoms with E-state index < -0.39 is 0 Å². The summed E-state index contributed by atoms with van der Waals surface area (Å²) in [7, 11) is 0. The van der Waals surface area contributed by atoms with E-state index in [1.807, 2.05) is 37.3 Å². The van der Waals surface area contributed by atoms with Gasteiger partial charge in [-0.2, -0.15) is 4.98 Å². The number of benzene rings is 1. The van der Waals surface area contributed by atoms with E-state index in [9.17, 15) is 0 Å². The minimum atomic E-state index is 0.599. The van der Waals surface area contributed by atoms with Crippen molar-refractivity contribution in [3.05, 3.63) is 41.0 Å². The number of nitrogens with zero attached hydrogens (tertiary/aromatic N) is 3. The lowest BCUT2D eigenvalue weighted by molar-refractivity contribution is 0.436. The predicted octanol–water partition coefficient (Wildman–Crippen LogP) is 4.42. The van der Waals surface area contributed by atoms with Crippen molar-refractivity contribution in [1.29, 1.82) is 0 Å². The number of para-hydroxylation sites is 1. The zero-order chi connectivity index (χ0) is 15.5. The Kier molecular flexibility index (Phi) is 4.48. The summed E-state index contributed by atoms with van der Waals surface area (Å²) in [5, 5.41) is 3.89. The van der Waals surface area contributed by atoms with Crippen LogP contribution >= 0.6 is 11.6 Å². The molecule has 0 unspecified atom stereocenters. The molecule has 0 atom stereocenters. The van der Waals surface area contributed by atoms with E-state index in [4.69, 9.17) is 11.6 Å². The van der Waals surface area contributed by atoms with Crippen LogP contribution in [0.3, 0.4) is 0 Å². The van der Waals surface area contributed by atoms with Crippen molar-refractivity contribution >= 4 is 29.1 Å². The van der Waals surface area contributed by atoms with Crippen LogP contribution in [-0.4, -0.2) is 23.1 Å². The van der Waals surface area contributed by atoms with E-state index in [2.05, 4.69) is 27.1 Å². The van der Waals surface area contributed by atoms with Gasteiger partial charge in [0.25, 0.3) is 0 Å². The first-order chi connectivity index (χ1) is 10.6. The van der Waals surface area contributed by atoms with Gasteiger partial charge in [0.05, 0.1) is 10.7 Å². The molecule has 0 radical (unpaired) electrons. The molecule has 4 nitrogen and oxygen atoms in total. The Hall–Kier alpha value is -1.81. The van der Waals surface area contributed by atoms with Crippen LogP contribution in [0.4, 0.5) is 17.5 Å². The smallest absolute Gasteiger partial charge is 0.229 e. The Balaban J connectivity index is 1.82. The summed E-state index contributed by atoms with van der Waals surface area (Å²) < 4.78 is 0. The number of nitrogens with one attached hydrogen (secondary N) is 1. The number of aryl methyl sites for hydroxylation is 1. The van der Waals surface area contributed by atoms with Crippen molar-refractivity contribution < 1.29 is 0 Å². The van der Waals surface area contributed by atoms with Gasteiger partial charge in [0.1, 0.15) is 5.82 Å². The van der Waals surface area contributed by atoms with Crippen LogP contribution in [0, 0.1) is 12.8 Å². The molecular formula is C17H21ClN4. The van der Waals surface area contributed by atoms with Gasteiger partial charge in [-0.3, -0.25) is 0 Å². The Morgan fingerprint density at radius 1 is 1.18 bits per heavy atom. The number of halogens is 1. The Morgan fingerprint density at radius 3 is 2.64 bits per heavy atom. The Bertz CT molecular complexity index is 651. The van der Waals surface area contributed by atoms with Gasteiger partial charge in [-0.15, -0.1) is 0 Å². The van der Waals surface area contributed by atoms with E-state index in [1.54, 1.807) is 0 Å². The van der Waals surface area contributed by atoms with Gasteiger partial charge in [-0.25, -0.2) is 4.98 Å². The molecule has 2 aromatic rings. The molecule has 1 fully saturated rings. The van der Waals surface area contributed by atoms with Crippen LogP contribution < -0.4 is 10.2 Å². The maximum Gasteiger partial charge on any atom is 0.229 e. The van der Waals surface area contributed by atoms with Gasteiger partial charge in [-0.05, 0) is 37.8 Å². The third kappa shape index (κ3) is 3.50. The fourth-order valence-corrected chi connectivity index (χ4v) is 2.87. The third-order valence-electron chi connectivity index (χ3n) is 4.07. The average molecular weight is 317 g/mol. The average Bonchev–Trinajstić information content (AvgIpc) is 2.50. The highest BCUT2D eigenvalue weighted by molar-refractivity contribution is 6.33. The monoisotopic (exact) mass is 316 g/mol. The van der Waals surface area contributed by atoms with Gasteiger partial charge in [0.15, 0.2) is 0 Å². The molecule has 0 saturated carbocycles. The van der Waals surface area contributed by atoms with Gasteiger partial charge in [0.2, 0.25) is 5.95 Å². The summed E-state index contributed by atoms with van der Waals surface area (Å²) in [5.74, 6) is 2.40. The number of piperidine rings is 1. The molecule has 1 aromatic heterocycles. The van der Waals surface area contributed by atoms with Gasteiger partial charge >= 0.3 is 0 Å². The summed E-state index contributed by atoms with van der Waals surface area (Å²) in [4.78, 5) is 11.5. The molecular weight excluding hydrogens is 296 g/mol. The first kappa shape index (κ1) is 15.1. The van der Waals surface area contributed by atoms with Crippen molar-refractivity contribution in [2.24, 2.45) is 5.92 Å². The van der Waals surface area contributed by atoms with Crippen molar-refractivity contribution in [3.63, 3.8) is 0 Å². The highest BCUT2D eigenvalue weighted by Crippen LogP contribution is 2.26. The molecule has 0 aliphatic carbocycles. The van der Waals surface area contributed by atoms with E-state index in [0.29, 0.717) is 11.0 Å². The first-order valence-electron chi connectivity index (χ1n) is 7.74. The van der Waals surface area contributed by atoms with Crippen molar-refractivity contribution in [2.45, 2.75) is 26.7 Å². The van der Waals surface area contributed by atoms with E-state index in [1.165, 1.54) is 12.8 Å². The van der Waals surface area contributed by atoms with Crippen LogP contribution in [0.2, 0.25) is 5.02 Å². The molecule has 0 bridgehead atoms. The maximum atomic E-state index is 6.19. The molecule has 0 spiro atoms. The van der Waals surface area contributed by atoms with Crippen LogP contribution in [0.15, 0.2) is 30.3 Å². The van der Waals surface area contributed by atoms with Crippen LogP contribution in [0.5, 0.6) is 0 Å². The summed E-state index contributed by atoms with van der Waals surface area (Å²) in [6.45, 7) is 6.43. The lowest BCUT2D eigenvalue weighted by atomic mass is 9.99. The summed E-state index contributed by atoms with van der Waals surface area (Å²) >= 11 is 6.19. The summed E-state index contributed by atoms with van der Waals surface area (Å²) in [6, 6.07) is 9.68. The molecule has 1 aliphatic rings. The zero-order valence-electron chi connectivity index (χ0n) is 13.0. The van der Waals surface area contributed by atoms with Crippen LogP contribution in [-0.2, 0) is 0 Å². The Morgan fingerprint density at radius 2 is 1.91 bits per heavy atom. The second-order valence-corrected chi connectivity index (χ2v) is 6.37. The molecule has 0 amide bonds. The number of hydrogen-bond acceptors (Lipinski definition) is 4. The first-order valence-corrected chi connectivity index (χ1v) is 8.12. The third-order valence-corrected chi connectivity index (χ3v) is 4.40. The minimum absolute atomic E-state index is 0.599. The lowest BCUT2D eigenvalue weighted by Gasteiger charge is -2.31. The number of anilines is 3. The maximum absolute atomic E-state index is 6.19. The molecule has 1 aromatic carbocycles. The number of aromatic nitrogens is 2. The SMILES string of the molecule is Cc1cc(N2CCC(C)CC2)nc(Nc2ccccc2Cl)n1. The zero-order valence-corrected chi connectivity index (χ0v) is 13.8. The number of rotatable bonds is 3. The molecule has 116 valence electrons. The topological polar surface area (TPSA) is 41.1 Å². The number of hydrogen-bond donors (Lipinski definition) is 1. The second kappa shape index (κ2) is 6.53. The van der Waals surface area contributed by atoms with Gasteiger partial charge < -0.3 is 10.2 Å². The quantitative estimate of drug-likeness (QED) is 0.910. The molecule has 1 saturated heterocycles. The molecule has 1 aliphatic heterocycles. The molecule has 2 heterocycles. The highest BCUT2D eigenvalue weighted by Gasteiger charge is 2.18. The van der Waals surface area contributed by atoms with E-state index >= 15 is 0 Å². The van der Waals surface area contributed by atoms with Crippen molar-refractivity contribution in [1.82, 2.24) is 9.97 Å². The summed E-state index contributed by atoms with van der Waals surface area (Å²) in [6.07, 6.45) is 2.44. The molecule has 22 heavy (non-hydrogen) atoms. The molecule has 5 heteroatoms. The van der Waals surface area contributed by atoms with Crippen molar-refractivity contribution in [2.75, 3.05) is 23.3 Å². The van der Waals surface area contributed by atoms with Gasteiger partial charge in [0, 0.05) is 24.8 Å². The normalized spacial score (nSPS) is 15.9. The van der Waals surface area contributed by atoms with E-state index in [0.717, 1.165) is 36.2 Å². The minimum Gasteiger partial charge on any atom is -0.356 e. The second-order valence-electron chi connectivity index (χ2n) is 5.97. The standard InChI is InChI=1S/C17H21ClN4/c1-12-7-9-22(10-8-12)16-11-13(2)19-17(21-16)20-15-6-4-3-5-14(15)18/h3-6,11-12H,7-10H2,1-2H3,(H,19,20,21). The van der Waals surface area contributed by atoms with Crippen LogP contribution in [0.1, 0.15) is 25.5 Å². The Labute approximate surface area is 136 Å². The predicted molar refractivity (Wildman–Crippen MR) is 92.1 cm³/mol. The molecule has 1 N–H and O–H groups in total. The largest absolute Gasteiger partial charge is 0.356 e. The van der Waals surface area contributed by atoms with Crippen molar-refractivity contribution in [3.8, 4) is 0 Å². The highest BCUT2D eigenvalue weighted by atomic mass is 35.5. The summed E-state index contributed by atoms with van der Waals surface area (Å²) in [5.41, 5.74) is 1.78.